The van der Waals surface area contributed by atoms with Gasteiger partial charge < -0.3 is 15.8 Å². The minimum atomic E-state index is -0.411. The van der Waals surface area contributed by atoms with Gasteiger partial charge in [0.25, 0.3) is 0 Å². The predicted molar refractivity (Wildman–Crippen MR) is 84.7 cm³/mol. The second-order valence-corrected chi connectivity index (χ2v) is 5.90. The lowest BCUT2D eigenvalue weighted by Gasteiger charge is -2.09. The monoisotopic (exact) mass is 310 g/mol. The first kappa shape index (κ1) is 17.5. The van der Waals surface area contributed by atoms with Crippen molar-refractivity contribution in [1.29, 1.82) is 0 Å². The largest absolute Gasteiger partial charge is 0.374 e. The van der Waals surface area contributed by atoms with E-state index in [1.165, 1.54) is 11.8 Å². The second-order valence-electron chi connectivity index (χ2n) is 4.92. The van der Waals surface area contributed by atoms with E-state index >= 15 is 0 Å². The Labute approximate surface area is 129 Å². The highest BCUT2D eigenvalue weighted by molar-refractivity contribution is 8.00. The summed E-state index contributed by atoms with van der Waals surface area (Å²) in [5.74, 6) is -0.120. The fraction of sp³-hybridized carbons (Fsp3) is 0.467. The van der Waals surface area contributed by atoms with E-state index in [9.17, 15) is 9.59 Å². The highest BCUT2D eigenvalue weighted by atomic mass is 32.2. The highest BCUT2D eigenvalue weighted by Crippen LogP contribution is 2.08. The molecule has 0 bridgehead atoms. The molecule has 0 aliphatic carbocycles. The van der Waals surface area contributed by atoms with E-state index in [1.807, 2.05) is 38.1 Å². The molecule has 0 unspecified atom stereocenters. The molecule has 0 spiro atoms. The molecule has 0 saturated heterocycles. The quantitative estimate of drug-likeness (QED) is 0.723. The minimum Gasteiger partial charge on any atom is -0.374 e. The molecule has 1 rings (SSSR count). The van der Waals surface area contributed by atoms with Crippen molar-refractivity contribution in [2.45, 2.75) is 33.1 Å². The number of thioether (sulfide) groups is 1. The lowest BCUT2D eigenvalue weighted by molar-refractivity contribution is -0.118. The summed E-state index contributed by atoms with van der Waals surface area (Å²) in [6, 6.07) is 7.91. The molecule has 6 heteroatoms. The number of ether oxygens (including phenoxy) is 1. The smallest absolute Gasteiger partial charge is 0.230 e. The fourth-order valence-electron chi connectivity index (χ4n) is 1.59. The van der Waals surface area contributed by atoms with E-state index in [2.05, 4.69) is 5.32 Å². The Hall–Kier alpha value is -1.53. The molecule has 0 atom stereocenters. The molecule has 0 fully saturated rings. The van der Waals surface area contributed by atoms with E-state index in [0.717, 1.165) is 11.1 Å². The maximum absolute atomic E-state index is 11.6. The van der Waals surface area contributed by atoms with Gasteiger partial charge in [-0.2, -0.15) is 0 Å². The predicted octanol–water partition coefficient (Wildman–Crippen LogP) is 1.45. The van der Waals surface area contributed by atoms with Gasteiger partial charge in [-0.05, 0) is 25.0 Å². The van der Waals surface area contributed by atoms with E-state index < -0.39 is 5.91 Å². The Morgan fingerprint density at radius 2 is 2.00 bits per heavy atom. The molecule has 0 aliphatic heterocycles. The van der Waals surface area contributed by atoms with Crippen molar-refractivity contribution in [3.05, 3.63) is 35.4 Å². The summed E-state index contributed by atoms with van der Waals surface area (Å²) in [6.45, 7) is 5.01. The van der Waals surface area contributed by atoms with Crippen molar-refractivity contribution in [1.82, 2.24) is 5.32 Å². The summed E-state index contributed by atoms with van der Waals surface area (Å²) in [7, 11) is 0. The molecular formula is C15H22N2O3S. The van der Waals surface area contributed by atoms with Gasteiger partial charge in [0.1, 0.15) is 0 Å². The van der Waals surface area contributed by atoms with Crippen LogP contribution in [0.3, 0.4) is 0 Å². The second kappa shape index (κ2) is 9.41. The van der Waals surface area contributed by atoms with Crippen LogP contribution >= 0.6 is 11.8 Å². The van der Waals surface area contributed by atoms with Gasteiger partial charge in [0.05, 0.1) is 24.2 Å². The third-order valence-electron chi connectivity index (χ3n) is 2.54. The van der Waals surface area contributed by atoms with Crippen molar-refractivity contribution in [3.8, 4) is 0 Å². The van der Waals surface area contributed by atoms with Crippen molar-refractivity contribution < 1.29 is 14.3 Å². The molecule has 0 heterocycles. The molecule has 0 aliphatic rings. The van der Waals surface area contributed by atoms with Gasteiger partial charge >= 0.3 is 0 Å². The number of primary amides is 1. The van der Waals surface area contributed by atoms with Crippen LogP contribution in [-0.4, -0.2) is 29.4 Å². The van der Waals surface area contributed by atoms with Gasteiger partial charge in [-0.15, -0.1) is 11.8 Å². The van der Waals surface area contributed by atoms with Crippen LogP contribution in [0, 0.1) is 0 Å². The zero-order chi connectivity index (χ0) is 15.7. The van der Waals surface area contributed by atoms with Gasteiger partial charge in [0.2, 0.25) is 11.8 Å². The molecule has 1 aromatic carbocycles. The molecular weight excluding hydrogens is 288 g/mol. The number of nitrogens with one attached hydrogen (secondary N) is 1. The van der Waals surface area contributed by atoms with Crippen LogP contribution in [0.5, 0.6) is 0 Å². The first-order valence-electron chi connectivity index (χ1n) is 6.79. The fourth-order valence-corrected chi connectivity index (χ4v) is 2.18. The zero-order valence-electron chi connectivity index (χ0n) is 12.4. The van der Waals surface area contributed by atoms with Crippen LogP contribution in [0.4, 0.5) is 0 Å². The molecule has 0 saturated carbocycles. The summed E-state index contributed by atoms with van der Waals surface area (Å²) < 4.78 is 5.55. The Morgan fingerprint density at radius 3 is 2.67 bits per heavy atom. The molecule has 116 valence electrons. The van der Waals surface area contributed by atoms with Gasteiger partial charge in [-0.3, -0.25) is 9.59 Å². The number of carbonyl (C=O) groups excluding carboxylic acids is 2. The Balaban J connectivity index is 2.35. The van der Waals surface area contributed by atoms with E-state index in [0.29, 0.717) is 13.2 Å². The van der Waals surface area contributed by atoms with Crippen molar-refractivity contribution >= 4 is 23.6 Å². The SMILES string of the molecule is CC(C)OCc1cccc(CNC(=O)CSCC(N)=O)c1. The summed E-state index contributed by atoms with van der Waals surface area (Å²) in [5, 5.41) is 2.81. The summed E-state index contributed by atoms with van der Waals surface area (Å²) >= 11 is 1.21. The normalized spacial score (nSPS) is 10.6. The molecule has 2 amide bonds. The number of hydrogen-bond acceptors (Lipinski definition) is 4. The van der Waals surface area contributed by atoms with Crippen LogP contribution in [0.1, 0.15) is 25.0 Å². The average molecular weight is 310 g/mol. The van der Waals surface area contributed by atoms with Gasteiger partial charge in [-0.25, -0.2) is 0 Å². The van der Waals surface area contributed by atoms with E-state index in [-0.39, 0.29) is 23.5 Å². The number of nitrogens with two attached hydrogens (primary N) is 1. The van der Waals surface area contributed by atoms with E-state index in [4.69, 9.17) is 10.5 Å². The topological polar surface area (TPSA) is 81.4 Å². The molecule has 0 aromatic heterocycles. The lowest BCUT2D eigenvalue weighted by atomic mass is 10.1. The number of amides is 2. The molecule has 1 aromatic rings. The van der Waals surface area contributed by atoms with Gasteiger partial charge in [0.15, 0.2) is 0 Å². The van der Waals surface area contributed by atoms with Crippen LogP contribution in [0.15, 0.2) is 24.3 Å². The molecule has 0 radical (unpaired) electrons. The highest BCUT2D eigenvalue weighted by Gasteiger charge is 2.04. The summed E-state index contributed by atoms with van der Waals surface area (Å²) in [5.41, 5.74) is 7.11. The molecule has 5 nitrogen and oxygen atoms in total. The zero-order valence-corrected chi connectivity index (χ0v) is 13.2. The standard InChI is InChI=1S/C15H22N2O3S/c1-11(2)20-8-13-5-3-4-12(6-13)7-17-15(19)10-21-9-14(16)18/h3-6,11H,7-10H2,1-2H3,(H2,16,18)(H,17,19). The van der Waals surface area contributed by atoms with Crippen LogP contribution in [-0.2, 0) is 27.5 Å². The third kappa shape index (κ3) is 8.37. The van der Waals surface area contributed by atoms with Gasteiger partial charge in [-0.1, -0.05) is 24.3 Å². The number of hydrogen-bond donors (Lipinski definition) is 2. The first-order valence-corrected chi connectivity index (χ1v) is 7.95. The maximum atomic E-state index is 11.6. The Morgan fingerprint density at radius 1 is 1.29 bits per heavy atom. The molecule has 3 N–H and O–H groups in total. The van der Waals surface area contributed by atoms with Crippen LogP contribution in [0.2, 0.25) is 0 Å². The maximum Gasteiger partial charge on any atom is 0.230 e. The van der Waals surface area contributed by atoms with Crippen molar-refractivity contribution in [2.24, 2.45) is 5.73 Å². The lowest BCUT2D eigenvalue weighted by Crippen LogP contribution is -2.25. The third-order valence-corrected chi connectivity index (χ3v) is 3.50. The Kier molecular flexibility index (Phi) is 7.85. The van der Waals surface area contributed by atoms with Gasteiger partial charge in [0, 0.05) is 6.54 Å². The number of rotatable bonds is 9. The number of benzene rings is 1. The van der Waals surface area contributed by atoms with Crippen molar-refractivity contribution in [3.63, 3.8) is 0 Å². The van der Waals surface area contributed by atoms with E-state index in [1.54, 1.807) is 0 Å². The van der Waals surface area contributed by atoms with Crippen molar-refractivity contribution in [2.75, 3.05) is 11.5 Å². The summed E-state index contributed by atoms with van der Waals surface area (Å²) in [4.78, 5) is 22.2. The van der Waals surface area contributed by atoms with Crippen LogP contribution < -0.4 is 11.1 Å². The van der Waals surface area contributed by atoms with Crippen LogP contribution in [0.25, 0.3) is 0 Å². The average Bonchev–Trinajstić information content (AvgIpc) is 2.43. The summed E-state index contributed by atoms with van der Waals surface area (Å²) in [6.07, 6.45) is 0.190. The number of carbonyl (C=O) groups is 2. The first-order chi connectivity index (χ1) is 9.97. The molecule has 21 heavy (non-hydrogen) atoms. The Bertz CT molecular complexity index is 478. The minimum absolute atomic E-state index is 0.106.